The van der Waals surface area contributed by atoms with Crippen LogP contribution in [0.2, 0.25) is 0 Å². The van der Waals surface area contributed by atoms with E-state index in [1.165, 1.54) is 42.5 Å². The van der Waals surface area contributed by atoms with Gasteiger partial charge in [-0.15, -0.1) is 0 Å². The van der Waals surface area contributed by atoms with Gasteiger partial charge in [-0.05, 0) is 78.0 Å². The Hall–Kier alpha value is -1.81. The molecular weight excluding hydrogens is 451 g/mol. The van der Waals surface area contributed by atoms with Crippen LogP contribution in [0.25, 0.3) is 0 Å². The summed E-state index contributed by atoms with van der Waals surface area (Å²) in [5.74, 6) is -0.964. The van der Waals surface area contributed by atoms with Crippen LogP contribution in [0.4, 0.5) is 10.1 Å². The van der Waals surface area contributed by atoms with E-state index in [2.05, 4.69) is 26.0 Å². The summed E-state index contributed by atoms with van der Waals surface area (Å²) in [6, 6.07) is 9.39. The van der Waals surface area contributed by atoms with Crippen LogP contribution in [0.3, 0.4) is 0 Å². The first-order valence-electron chi connectivity index (χ1n) is 8.81. The summed E-state index contributed by atoms with van der Waals surface area (Å²) in [5, 5.41) is 12.3. The minimum atomic E-state index is -3.82. The third-order valence-corrected chi connectivity index (χ3v) is 6.68. The molecule has 2 unspecified atom stereocenters. The van der Waals surface area contributed by atoms with Gasteiger partial charge in [0.2, 0.25) is 10.0 Å². The molecule has 150 valence electrons. The first-order chi connectivity index (χ1) is 13.2. The molecule has 28 heavy (non-hydrogen) atoms. The number of halogens is 2. The van der Waals surface area contributed by atoms with E-state index >= 15 is 0 Å². The molecule has 2 aromatic carbocycles. The fourth-order valence-corrected chi connectivity index (χ4v) is 4.85. The molecule has 1 aliphatic rings. The molecule has 3 N–H and O–H groups in total. The average Bonchev–Trinajstić information content (AvgIpc) is 2.64. The van der Waals surface area contributed by atoms with Crippen LogP contribution in [-0.4, -0.2) is 31.6 Å². The van der Waals surface area contributed by atoms with Crippen molar-refractivity contribution in [3.63, 3.8) is 0 Å². The zero-order valence-electron chi connectivity index (χ0n) is 14.9. The highest BCUT2D eigenvalue weighted by Gasteiger charge is 2.26. The molecule has 1 amide bonds. The number of sulfonamides is 1. The quantitative estimate of drug-likeness (QED) is 0.623. The minimum absolute atomic E-state index is 0.0273. The average molecular weight is 471 g/mol. The summed E-state index contributed by atoms with van der Waals surface area (Å²) < 4.78 is 41.4. The number of rotatable bonds is 5. The zero-order valence-corrected chi connectivity index (χ0v) is 17.3. The van der Waals surface area contributed by atoms with E-state index in [0.717, 1.165) is 6.42 Å². The predicted octanol–water partition coefficient (Wildman–Crippen LogP) is 3.42. The number of hydrogen-bond donors (Lipinski definition) is 3. The van der Waals surface area contributed by atoms with Crippen LogP contribution in [0, 0.1) is 5.82 Å². The summed E-state index contributed by atoms with van der Waals surface area (Å²) in [7, 11) is -3.82. The van der Waals surface area contributed by atoms with Crippen molar-refractivity contribution in [3.8, 4) is 0 Å². The first-order valence-corrected chi connectivity index (χ1v) is 11.1. The molecule has 1 fully saturated rings. The molecule has 0 heterocycles. The van der Waals surface area contributed by atoms with Gasteiger partial charge in [0.25, 0.3) is 5.91 Å². The molecule has 0 aliphatic heterocycles. The maximum atomic E-state index is 13.3. The van der Waals surface area contributed by atoms with Gasteiger partial charge in [-0.1, -0.05) is 6.07 Å². The zero-order chi connectivity index (χ0) is 20.3. The van der Waals surface area contributed by atoms with Crippen molar-refractivity contribution >= 4 is 37.5 Å². The van der Waals surface area contributed by atoms with Crippen LogP contribution >= 0.6 is 15.9 Å². The standard InChI is InChI=1S/C19H20BrFN2O4S/c20-17-11-13(7-8-18(17)21)22-19(25)12-3-1-6-16(9-12)28(26,27)23-14-4-2-5-15(24)10-14/h1,3,6-9,11,14-15,23-24H,2,4-5,10H2,(H,22,25). The highest BCUT2D eigenvalue weighted by molar-refractivity contribution is 9.10. The Kier molecular flexibility index (Phi) is 6.49. The van der Waals surface area contributed by atoms with Crippen LogP contribution in [-0.2, 0) is 10.0 Å². The second kappa shape index (κ2) is 8.69. The van der Waals surface area contributed by atoms with Gasteiger partial charge in [0.15, 0.2) is 0 Å². The third-order valence-electron chi connectivity index (χ3n) is 4.55. The topological polar surface area (TPSA) is 95.5 Å². The first kappa shape index (κ1) is 20.9. The van der Waals surface area contributed by atoms with Crippen molar-refractivity contribution in [2.45, 2.75) is 42.7 Å². The molecule has 0 bridgehead atoms. The SMILES string of the molecule is O=C(Nc1ccc(F)c(Br)c1)c1cccc(S(=O)(=O)NC2CCCC(O)C2)c1. The lowest BCUT2D eigenvalue weighted by atomic mass is 9.94. The molecule has 9 heteroatoms. The molecule has 1 saturated carbocycles. The molecular formula is C19H20BrFN2O4S. The van der Waals surface area contributed by atoms with Gasteiger partial charge < -0.3 is 10.4 Å². The smallest absolute Gasteiger partial charge is 0.255 e. The van der Waals surface area contributed by atoms with Gasteiger partial charge in [-0.3, -0.25) is 4.79 Å². The number of hydrogen-bond acceptors (Lipinski definition) is 4. The van der Waals surface area contributed by atoms with E-state index in [1.54, 1.807) is 0 Å². The summed E-state index contributed by atoms with van der Waals surface area (Å²) >= 11 is 3.05. The molecule has 6 nitrogen and oxygen atoms in total. The Labute approximate surface area is 171 Å². The summed E-state index contributed by atoms with van der Waals surface area (Å²) in [6.45, 7) is 0. The number of carbonyl (C=O) groups excluding carboxylic acids is 1. The maximum absolute atomic E-state index is 13.3. The normalized spacial score (nSPS) is 20.0. The number of carbonyl (C=O) groups is 1. The Morgan fingerprint density at radius 2 is 1.96 bits per heavy atom. The molecule has 2 aromatic rings. The minimum Gasteiger partial charge on any atom is -0.393 e. The Bertz CT molecular complexity index is 984. The largest absolute Gasteiger partial charge is 0.393 e. The third kappa shape index (κ3) is 5.16. The van der Waals surface area contributed by atoms with Crippen LogP contribution < -0.4 is 10.0 Å². The summed E-state index contributed by atoms with van der Waals surface area (Å²) in [4.78, 5) is 12.4. The maximum Gasteiger partial charge on any atom is 0.255 e. The molecule has 2 atom stereocenters. The molecule has 0 spiro atoms. The molecule has 0 saturated heterocycles. The summed E-state index contributed by atoms with van der Waals surface area (Å²) in [5.41, 5.74) is 0.535. The number of anilines is 1. The van der Waals surface area contributed by atoms with Gasteiger partial charge >= 0.3 is 0 Å². The number of aliphatic hydroxyl groups is 1. The summed E-state index contributed by atoms with van der Waals surface area (Å²) in [6.07, 6.45) is 1.96. The van der Waals surface area contributed by atoms with E-state index in [1.807, 2.05) is 0 Å². The Morgan fingerprint density at radius 3 is 2.68 bits per heavy atom. The lowest BCUT2D eigenvalue weighted by Gasteiger charge is -2.26. The fourth-order valence-electron chi connectivity index (χ4n) is 3.14. The number of benzene rings is 2. The van der Waals surface area contributed by atoms with E-state index < -0.39 is 27.9 Å². The van der Waals surface area contributed by atoms with Gasteiger partial charge in [0.05, 0.1) is 15.5 Å². The van der Waals surface area contributed by atoms with Crippen molar-refractivity contribution in [2.75, 3.05) is 5.32 Å². The van der Waals surface area contributed by atoms with Crippen molar-refractivity contribution in [2.24, 2.45) is 0 Å². The monoisotopic (exact) mass is 470 g/mol. The lowest BCUT2D eigenvalue weighted by molar-refractivity contribution is 0.102. The van der Waals surface area contributed by atoms with Crippen LogP contribution in [0.15, 0.2) is 51.8 Å². The second-order valence-electron chi connectivity index (χ2n) is 6.75. The molecule has 1 aliphatic carbocycles. The highest BCUT2D eigenvalue weighted by atomic mass is 79.9. The van der Waals surface area contributed by atoms with Crippen molar-refractivity contribution in [1.29, 1.82) is 0 Å². The van der Waals surface area contributed by atoms with Gasteiger partial charge in [-0.25, -0.2) is 17.5 Å². The number of aliphatic hydroxyl groups excluding tert-OH is 1. The Balaban J connectivity index is 1.75. The van der Waals surface area contributed by atoms with Crippen molar-refractivity contribution in [1.82, 2.24) is 4.72 Å². The van der Waals surface area contributed by atoms with E-state index in [4.69, 9.17) is 0 Å². The predicted molar refractivity (Wildman–Crippen MR) is 107 cm³/mol. The van der Waals surface area contributed by atoms with E-state index in [-0.39, 0.29) is 21.0 Å². The molecule has 0 aromatic heterocycles. The highest BCUT2D eigenvalue weighted by Crippen LogP contribution is 2.22. The van der Waals surface area contributed by atoms with Gasteiger partial charge in [0.1, 0.15) is 5.82 Å². The fraction of sp³-hybridized carbons (Fsp3) is 0.316. The molecule has 0 radical (unpaired) electrons. The van der Waals surface area contributed by atoms with E-state index in [9.17, 15) is 22.7 Å². The second-order valence-corrected chi connectivity index (χ2v) is 9.32. The van der Waals surface area contributed by atoms with Crippen LogP contribution in [0.1, 0.15) is 36.0 Å². The number of amides is 1. The number of nitrogens with one attached hydrogen (secondary N) is 2. The Morgan fingerprint density at radius 1 is 1.18 bits per heavy atom. The van der Waals surface area contributed by atoms with Gasteiger partial charge in [0, 0.05) is 17.3 Å². The van der Waals surface area contributed by atoms with Crippen molar-refractivity contribution < 1.29 is 22.7 Å². The van der Waals surface area contributed by atoms with E-state index in [0.29, 0.717) is 24.9 Å². The van der Waals surface area contributed by atoms with Crippen molar-refractivity contribution in [3.05, 3.63) is 58.3 Å². The lowest BCUT2D eigenvalue weighted by Crippen LogP contribution is -2.39. The molecule has 3 rings (SSSR count). The van der Waals surface area contributed by atoms with Gasteiger partial charge in [-0.2, -0.15) is 0 Å². The van der Waals surface area contributed by atoms with Crippen LogP contribution in [0.5, 0.6) is 0 Å².